The zero-order valence-electron chi connectivity index (χ0n) is 10.9. The van der Waals surface area contributed by atoms with Crippen molar-refractivity contribution in [2.75, 3.05) is 18.6 Å². The first-order chi connectivity index (χ1) is 8.61. The predicted octanol–water partition coefficient (Wildman–Crippen LogP) is 1.07. The molecule has 98 valence electrons. The van der Waals surface area contributed by atoms with Crippen LogP contribution in [0.3, 0.4) is 0 Å². The highest BCUT2D eigenvalue weighted by Crippen LogP contribution is 2.27. The molecule has 1 amide bonds. The maximum absolute atomic E-state index is 11.6. The van der Waals surface area contributed by atoms with Crippen LogP contribution in [0.5, 0.6) is 0 Å². The van der Waals surface area contributed by atoms with Crippen LogP contribution in [0.4, 0.5) is 5.69 Å². The molecule has 2 N–H and O–H groups in total. The zero-order chi connectivity index (χ0) is 13.1. The van der Waals surface area contributed by atoms with Gasteiger partial charge in [0.15, 0.2) is 0 Å². The molecule has 18 heavy (non-hydrogen) atoms. The van der Waals surface area contributed by atoms with E-state index in [-0.39, 0.29) is 18.6 Å². The zero-order valence-corrected chi connectivity index (χ0v) is 10.9. The largest absolute Gasteiger partial charge is 0.395 e. The summed E-state index contributed by atoms with van der Waals surface area (Å²) in [6, 6.07) is 6.29. The summed E-state index contributed by atoms with van der Waals surface area (Å²) in [6.45, 7) is 2.83. The molecule has 4 nitrogen and oxygen atoms in total. The number of aliphatic hydroxyl groups excluding tert-OH is 1. The number of fused-ring (bicyclic) bond motifs is 1. The number of anilines is 1. The Labute approximate surface area is 108 Å². The molecule has 0 bridgehead atoms. The fourth-order valence-corrected chi connectivity index (χ4v) is 2.18. The van der Waals surface area contributed by atoms with Crippen LogP contribution in [0.1, 0.15) is 24.5 Å². The van der Waals surface area contributed by atoms with E-state index in [2.05, 4.69) is 11.4 Å². The number of hydrogen-bond acceptors (Lipinski definition) is 3. The number of nitrogens with zero attached hydrogens (tertiary/aromatic N) is 1. The van der Waals surface area contributed by atoms with E-state index in [1.54, 1.807) is 4.90 Å². The van der Waals surface area contributed by atoms with Crippen LogP contribution in [0.2, 0.25) is 0 Å². The van der Waals surface area contributed by atoms with Crippen LogP contribution in [-0.4, -0.2) is 30.7 Å². The highest BCUT2D eigenvalue weighted by atomic mass is 16.3. The van der Waals surface area contributed by atoms with Crippen molar-refractivity contribution in [2.24, 2.45) is 0 Å². The lowest BCUT2D eigenvalue weighted by Gasteiger charge is -2.26. The molecule has 1 aliphatic rings. The van der Waals surface area contributed by atoms with Crippen LogP contribution < -0.4 is 10.2 Å². The van der Waals surface area contributed by atoms with E-state index in [4.69, 9.17) is 5.11 Å². The second-order valence-corrected chi connectivity index (χ2v) is 4.88. The van der Waals surface area contributed by atoms with Gasteiger partial charge in [0.2, 0.25) is 5.91 Å². The van der Waals surface area contributed by atoms with E-state index in [0.29, 0.717) is 6.42 Å². The van der Waals surface area contributed by atoms with Crippen molar-refractivity contribution in [1.82, 2.24) is 5.32 Å². The lowest BCUT2D eigenvalue weighted by atomic mass is 9.99. The van der Waals surface area contributed by atoms with E-state index >= 15 is 0 Å². The smallest absolute Gasteiger partial charge is 0.227 e. The number of rotatable bonds is 4. The predicted molar refractivity (Wildman–Crippen MR) is 71.6 cm³/mol. The molecule has 0 aromatic heterocycles. The topological polar surface area (TPSA) is 52.6 Å². The fourth-order valence-electron chi connectivity index (χ4n) is 2.18. The van der Waals surface area contributed by atoms with Crippen LogP contribution in [0, 0.1) is 0 Å². The summed E-state index contributed by atoms with van der Waals surface area (Å²) >= 11 is 0. The van der Waals surface area contributed by atoms with Crippen molar-refractivity contribution >= 4 is 11.6 Å². The first-order valence-electron chi connectivity index (χ1n) is 6.34. The monoisotopic (exact) mass is 248 g/mol. The van der Waals surface area contributed by atoms with Crippen LogP contribution in [0.15, 0.2) is 18.2 Å². The van der Waals surface area contributed by atoms with Crippen LogP contribution in [-0.2, 0) is 17.8 Å². The minimum absolute atomic E-state index is 0.102. The molecule has 0 fully saturated rings. The Balaban J connectivity index is 2.10. The molecule has 0 saturated heterocycles. The first kappa shape index (κ1) is 13.1. The summed E-state index contributed by atoms with van der Waals surface area (Å²) in [4.78, 5) is 13.3. The molecule has 1 heterocycles. The van der Waals surface area contributed by atoms with Crippen molar-refractivity contribution in [3.05, 3.63) is 29.3 Å². The van der Waals surface area contributed by atoms with Crippen LogP contribution in [0.25, 0.3) is 0 Å². The average Bonchev–Trinajstić information content (AvgIpc) is 2.40. The van der Waals surface area contributed by atoms with Gasteiger partial charge in [0.05, 0.1) is 6.61 Å². The van der Waals surface area contributed by atoms with Gasteiger partial charge in [-0.3, -0.25) is 4.79 Å². The maximum Gasteiger partial charge on any atom is 0.227 e. The molecule has 4 heteroatoms. The van der Waals surface area contributed by atoms with Crippen molar-refractivity contribution in [2.45, 2.75) is 32.4 Å². The van der Waals surface area contributed by atoms with Crippen molar-refractivity contribution in [3.63, 3.8) is 0 Å². The van der Waals surface area contributed by atoms with Gasteiger partial charge in [-0.2, -0.15) is 0 Å². The molecule has 1 aromatic rings. The standard InChI is InChI=1S/C14H20N2O2/c1-10(9-17)15-8-11-3-5-13-12(7-11)4-6-14(18)16(13)2/h3,5,7,10,15,17H,4,6,8-9H2,1-2H3. The number of benzene rings is 1. The van der Waals surface area contributed by atoms with Gasteiger partial charge in [0, 0.05) is 31.7 Å². The third-order valence-electron chi connectivity index (χ3n) is 3.42. The lowest BCUT2D eigenvalue weighted by molar-refractivity contribution is -0.118. The first-order valence-corrected chi connectivity index (χ1v) is 6.34. The third-order valence-corrected chi connectivity index (χ3v) is 3.42. The maximum atomic E-state index is 11.6. The number of amides is 1. The second-order valence-electron chi connectivity index (χ2n) is 4.88. The number of hydrogen-bond donors (Lipinski definition) is 2. The molecular weight excluding hydrogens is 228 g/mol. The normalized spacial score (nSPS) is 16.6. The van der Waals surface area contributed by atoms with E-state index in [1.165, 1.54) is 11.1 Å². The molecular formula is C14H20N2O2. The Morgan fingerprint density at radius 1 is 1.44 bits per heavy atom. The molecule has 1 aromatic carbocycles. The minimum Gasteiger partial charge on any atom is -0.395 e. The summed E-state index contributed by atoms with van der Waals surface area (Å²) in [5, 5.41) is 12.2. The van der Waals surface area contributed by atoms with Gasteiger partial charge < -0.3 is 15.3 Å². The van der Waals surface area contributed by atoms with Crippen LogP contribution >= 0.6 is 0 Å². The Kier molecular flexibility index (Phi) is 3.99. The van der Waals surface area contributed by atoms with Gasteiger partial charge in [0.25, 0.3) is 0 Å². The summed E-state index contributed by atoms with van der Waals surface area (Å²) in [6.07, 6.45) is 1.41. The lowest BCUT2D eigenvalue weighted by Crippen LogP contribution is -2.31. The van der Waals surface area contributed by atoms with Crippen molar-refractivity contribution in [3.8, 4) is 0 Å². The van der Waals surface area contributed by atoms with Gasteiger partial charge in [0.1, 0.15) is 0 Å². The number of aliphatic hydroxyl groups is 1. The fraction of sp³-hybridized carbons (Fsp3) is 0.500. The highest BCUT2D eigenvalue weighted by Gasteiger charge is 2.20. The van der Waals surface area contributed by atoms with E-state index in [0.717, 1.165) is 18.7 Å². The van der Waals surface area contributed by atoms with Crippen molar-refractivity contribution < 1.29 is 9.90 Å². The summed E-state index contributed by atoms with van der Waals surface area (Å²) in [5.41, 5.74) is 3.44. The third kappa shape index (κ3) is 2.71. The second kappa shape index (κ2) is 5.50. The van der Waals surface area contributed by atoms with Crippen molar-refractivity contribution in [1.29, 1.82) is 0 Å². The van der Waals surface area contributed by atoms with Gasteiger partial charge in [-0.1, -0.05) is 12.1 Å². The van der Waals surface area contributed by atoms with E-state index in [9.17, 15) is 4.79 Å². The molecule has 0 radical (unpaired) electrons. The molecule has 1 aliphatic heterocycles. The summed E-state index contributed by atoms with van der Waals surface area (Å²) in [7, 11) is 1.83. The molecule has 1 unspecified atom stereocenters. The molecule has 0 aliphatic carbocycles. The number of carbonyl (C=O) groups is 1. The highest BCUT2D eigenvalue weighted by molar-refractivity contribution is 5.95. The Morgan fingerprint density at radius 3 is 2.94 bits per heavy atom. The average molecular weight is 248 g/mol. The van der Waals surface area contributed by atoms with Gasteiger partial charge in [-0.25, -0.2) is 0 Å². The minimum atomic E-state index is 0.102. The number of aryl methyl sites for hydroxylation is 1. The Morgan fingerprint density at radius 2 is 2.22 bits per heavy atom. The van der Waals surface area contributed by atoms with Gasteiger partial charge in [-0.05, 0) is 30.5 Å². The molecule has 0 spiro atoms. The molecule has 2 rings (SSSR count). The number of nitrogens with one attached hydrogen (secondary N) is 1. The molecule has 1 atom stereocenters. The quantitative estimate of drug-likeness (QED) is 0.838. The summed E-state index contributed by atoms with van der Waals surface area (Å²) < 4.78 is 0. The van der Waals surface area contributed by atoms with E-state index in [1.807, 2.05) is 26.1 Å². The Hall–Kier alpha value is -1.39. The Bertz CT molecular complexity index is 445. The van der Waals surface area contributed by atoms with Gasteiger partial charge >= 0.3 is 0 Å². The summed E-state index contributed by atoms with van der Waals surface area (Å²) in [5.74, 6) is 0.183. The SMILES string of the molecule is CC(CO)NCc1ccc2c(c1)CCC(=O)N2C. The molecule has 0 saturated carbocycles. The van der Waals surface area contributed by atoms with Gasteiger partial charge in [-0.15, -0.1) is 0 Å². The number of carbonyl (C=O) groups excluding carboxylic acids is 1. The van der Waals surface area contributed by atoms with E-state index < -0.39 is 0 Å².